The van der Waals surface area contributed by atoms with E-state index in [4.69, 9.17) is 0 Å². The van der Waals surface area contributed by atoms with Gasteiger partial charge < -0.3 is 14.8 Å². The highest BCUT2D eigenvalue weighted by atomic mass is 16.2. The minimum Gasteiger partial charge on any atom is -0.325 e. The Balaban J connectivity index is 1.31. The topological polar surface area (TPSA) is 97.9 Å². The maximum Gasteiger partial charge on any atom is 0.315 e. The fourth-order valence-corrected chi connectivity index (χ4v) is 4.27. The largest absolute Gasteiger partial charge is 0.325 e. The molecule has 0 radical (unpaired) electrons. The third-order valence-corrected chi connectivity index (χ3v) is 5.82. The maximum atomic E-state index is 12.8. The van der Waals surface area contributed by atoms with E-state index in [1.54, 1.807) is 11.7 Å². The summed E-state index contributed by atoms with van der Waals surface area (Å²) in [5.74, 6) is 0.899. The van der Waals surface area contributed by atoms with E-state index >= 15 is 0 Å². The normalized spacial score (nSPS) is 15.4. The van der Waals surface area contributed by atoms with Crippen LogP contribution in [0.15, 0.2) is 30.3 Å². The monoisotopic (exact) mass is 405 g/mol. The van der Waals surface area contributed by atoms with Crippen molar-refractivity contribution in [2.24, 2.45) is 7.05 Å². The van der Waals surface area contributed by atoms with Gasteiger partial charge in [0.15, 0.2) is 11.6 Å². The number of hydrogen-bond acceptors (Lipinski definition) is 5. The van der Waals surface area contributed by atoms with Crippen molar-refractivity contribution in [3.63, 3.8) is 0 Å². The van der Waals surface area contributed by atoms with Gasteiger partial charge in [-0.15, -0.1) is 10.2 Å². The molecule has 1 aromatic carbocycles. The van der Waals surface area contributed by atoms with Gasteiger partial charge in [-0.2, -0.15) is 5.10 Å². The summed E-state index contributed by atoms with van der Waals surface area (Å²) in [6, 6.07) is 9.83. The number of aromatic nitrogens is 5. The molecule has 5 rings (SSSR count). The highest BCUT2D eigenvalue weighted by Crippen LogP contribution is 2.27. The number of benzene rings is 1. The molecule has 3 aromatic rings. The maximum absolute atomic E-state index is 12.8. The first-order valence-corrected chi connectivity index (χ1v) is 10.2. The second kappa shape index (κ2) is 7.40. The van der Waals surface area contributed by atoms with Gasteiger partial charge in [0.05, 0.1) is 12.2 Å². The van der Waals surface area contributed by atoms with E-state index in [0.717, 1.165) is 48.3 Å². The molecule has 9 nitrogen and oxygen atoms in total. The molecule has 0 atom stereocenters. The van der Waals surface area contributed by atoms with Crippen LogP contribution in [-0.2, 0) is 42.6 Å². The van der Waals surface area contributed by atoms with Crippen LogP contribution in [0.1, 0.15) is 29.9 Å². The first kappa shape index (κ1) is 18.5. The van der Waals surface area contributed by atoms with Crippen LogP contribution in [0.3, 0.4) is 0 Å². The molecule has 0 spiro atoms. The second-order valence-electron chi connectivity index (χ2n) is 7.74. The highest BCUT2D eigenvalue weighted by Gasteiger charge is 2.30. The number of nitrogens with one attached hydrogen (secondary N) is 1. The molecule has 1 N–H and O–H groups in total. The minimum atomic E-state index is -0.636. The van der Waals surface area contributed by atoms with Gasteiger partial charge in [0.25, 0.3) is 0 Å². The molecule has 30 heavy (non-hydrogen) atoms. The molecular weight excluding hydrogens is 382 g/mol. The van der Waals surface area contributed by atoms with E-state index < -0.39 is 11.8 Å². The summed E-state index contributed by atoms with van der Waals surface area (Å²) >= 11 is 0. The van der Waals surface area contributed by atoms with Gasteiger partial charge in [0, 0.05) is 31.3 Å². The lowest BCUT2D eigenvalue weighted by Crippen LogP contribution is -2.44. The van der Waals surface area contributed by atoms with E-state index in [1.807, 2.05) is 34.9 Å². The molecule has 3 heterocycles. The molecule has 154 valence electrons. The summed E-state index contributed by atoms with van der Waals surface area (Å²) in [4.78, 5) is 27.0. The number of nitrogens with zero attached hydrogens (tertiary/aromatic N) is 6. The Morgan fingerprint density at radius 1 is 1.03 bits per heavy atom. The first-order valence-electron chi connectivity index (χ1n) is 10.2. The molecule has 9 heteroatoms. The second-order valence-corrected chi connectivity index (χ2v) is 7.74. The predicted molar refractivity (Wildman–Crippen MR) is 109 cm³/mol. The minimum absolute atomic E-state index is 0.260. The fourth-order valence-electron chi connectivity index (χ4n) is 4.27. The van der Waals surface area contributed by atoms with Gasteiger partial charge >= 0.3 is 11.8 Å². The first-order chi connectivity index (χ1) is 14.6. The number of rotatable bonds is 2. The molecule has 0 fully saturated rings. The van der Waals surface area contributed by atoms with Crippen molar-refractivity contribution in [1.29, 1.82) is 0 Å². The van der Waals surface area contributed by atoms with Crippen molar-refractivity contribution in [3.05, 3.63) is 47.4 Å². The zero-order chi connectivity index (χ0) is 20.7. The standard InChI is InChI=1S/C21H23N7O2/c1-26-19(15-9-5-6-10-16(15)25-26)22-20(29)21(30)27-11-12-28-17(13-27)23-24-18(28)14-7-3-2-4-8-14/h2-4,7-8H,5-6,9-13H2,1H3,(H,22,29). The molecule has 1 aliphatic heterocycles. The van der Waals surface area contributed by atoms with Crippen LogP contribution in [0.5, 0.6) is 0 Å². The molecule has 0 saturated carbocycles. The van der Waals surface area contributed by atoms with E-state index in [2.05, 4.69) is 20.6 Å². The van der Waals surface area contributed by atoms with E-state index in [0.29, 0.717) is 24.7 Å². The van der Waals surface area contributed by atoms with Crippen molar-refractivity contribution in [3.8, 4) is 11.4 Å². The highest BCUT2D eigenvalue weighted by molar-refractivity contribution is 6.39. The summed E-state index contributed by atoms with van der Waals surface area (Å²) in [6.45, 7) is 1.24. The summed E-state index contributed by atoms with van der Waals surface area (Å²) in [6.07, 6.45) is 3.97. The Morgan fingerprint density at radius 2 is 1.83 bits per heavy atom. The van der Waals surface area contributed by atoms with E-state index in [1.165, 1.54) is 4.90 Å². The Morgan fingerprint density at radius 3 is 2.67 bits per heavy atom. The van der Waals surface area contributed by atoms with Crippen LogP contribution >= 0.6 is 0 Å². The number of fused-ring (bicyclic) bond motifs is 2. The molecule has 0 saturated heterocycles. The van der Waals surface area contributed by atoms with Crippen molar-refractivity contribution in [1.82, 2.24) is 29.4 Å². The Labute approximate surface area is 173 Å². The van der Waals surface area contributed by atoms with Crippen molar-refractivity contribution in [2.75, 3.05) is 11.9 Å². The van der Waals surface area contributed by atoms with Crippen LogP contribution in [-0.4, -0.2) is 47.8 Å². The lowest BCUT2D eigenvalue weighted by Gasteiger charge is -2.27. The molecular formula is C21H23N7O2. The number of amides is 2. The van der Waals surface area contributed by atoms with E-state index in [9.17, 15) is 9.59 Å². The number of hydrogen-bond donors (Lipinski definition) is 1. The smallest absolute Gasteiger partial charge is 0.315 e. The summed E-state index contributed by atoms with van der Waals surface area (Å²) in [7, 11) is 1.80. The van der Waals surface area contributed by atoms with Gasteiger partial charge in [0.2, 0.25) is 0 Å². The van der Waals surface area contributed by atoms with Crippen LogP contribution in [0, 0.1) is 0 Å². The van der Waals surface area contributed by atoms with Crippen molar-refractivity contribution >= 4 is 17.6 Å². The number of carbonyl (C=O) groups excluding carboxylic acids is 2. The van der Waals surface area contributed by atoms with Gasteiger partial charge in [0.1, 0.15) is 5.82 Å². The van der Waals surface area contributed by atoms with Crippen LogP contribution in [0.4, 0.5) is 5.82 Å². The number of anilines is 1. The fraction of sp³-hybridized carbons (Fsp3) is 0.381. The van der Waals surface area contributed by atoms with Crippen LogP contribution in [0.2, 0.25) is 0 Å². The molecule has 2 amide bonds. The van der Waals surface area contributed by atoms with Gasteiger partial charge in [-0.25, -0.2) is 0 Å². The van der Waals surface area contributed by atoms with Gasteiger partial charge in [-0.05, 0) is 25.7 Å². The Bertz CT molecular complexity index is 1120. The summed E-state index contributed by atoms with van der Waals surface area (Å²) < 4.78 is 3.68. The van der Waals surface area contributed by atoms with Crippen molar-refractivity contribution in [2.45, 2.75) is 38.8 Å². The quantitative estimate of drug-likeness (QED) is 0.652. The molecule has 2 aliphatic rings. The molecule has 0 bridgehead atoms. The van der Waals surface area contributed by atoms with Gasteiger partial charge in [-0.1, -0.05) is 30.3 Å². The molecule has 2 aromatic heterocycles. The zero-order valence-electron chi connectivity index (χ0n) is 16.8. The Kier molecular flexibility index (Phi) is 4.57. The average molecular weight is 405 g/mol. The lowest BCUT2D eigenvalue weighted by molar-refractivity contribution is -0.144. The summed E-state index contributed by atoms with van der Waals surface area (Å²) in [5.41, 5.74) is 3.05. The third-order valence-electron chi connectivity index (χ3n) is 5.82. The lowest BCUT2D eigenvalue weighted by atomic mass is 9.97. The number of aryl methyl sites for hydroxylation is 2. The average Bonchev–Trinajstić information content (AvgIpc) is 3.34. The van der Waals surface area contributed by atoms with Crippen LogP contribution < -0.4 is 5.32 Å². The molecule has 1 aliphatic carbocycles. The van der Waals surface area contributed by atoms with E-state index in [-0.39, 0.29) is 6.54 Å². The zero-order valence-corrected chi connectivity index (χ0v) is 16.8. The molecule has 0 unspecified atom stereocenters. The SMILES string of the molecule is Cn1nc2c(c1NC(=O)C(=O)N1CCn3c(nnc3-c3ccccc3)C1)CCCC2. The van der Waals surface area contributed by atoms with Crippen molar-refractivity contribution < 1.29 is 9.59 Å². The third kappa shape index (κ3) is 3.16. The Hall–Kier alpha value is -3.49. The van der Waals surface area contributed by atoms with Crippen LogP contribution in [0.25, 0.3) is 11.4 Å². The number of carbonyl (C=O) groups is 2. The van der Waals surface area contributed by atoms with Gasteiger partial charge in [-0.3, -0.25) is 14.3 Å². The summed E-state index contributed by atoms with van der Waals surface area (Å²) in [5, 5.41) is 15.8. The predicted octanol–water partition coefficient (Wildman–Crippen LogP) is 1.54.